The maximum Gasteiger partial charge on any atom is 0.419 e. The van der Waals surface area contributed by atoms with Gasteiger partial charge in [0, 0.05) is 35.4 Å². The van der Waals surface area contributed by atoms with Gasteiger partial charge in [-0.1, -0.05) is 12.1 Å². The van der Waals surface area contributed by atoms with Crippen LogP contribution >= 0.6 is 0 Å². The van der Waals surface area contributed by atoms with E-state index in [2.05, 4.69) is 15.1 Å². The highest BCUT2D eigenvalue weighted by molar-refractivity contribution is 6.15. The minimum Gasteiger partial charge on any atom is -0.496 e. The molecule has 8 nitrogen and oxygen atoms in total. The summed E-state index contributed by atoms with van der Waals surface area (Å²) in [7, 11) is 7.19. The van der Waals surface area contributed by atoms with E-state index < -0.39 is 28.4 Å². The zero-order valence-corrected chi connectivity index (χ0v) is 25.7. The summed E-state index contributed by atoms with van der Waals surface area (Å²) in [6.07, 6.45) is 4.54. The van der Waals surface area contributed by atoms with Gasteiger partial charge in [-0.3, -0.25) is 9.47 Å². The number of aromatic nitrogens is 1. The lowest BCUT2D eigenvalue weighted by molar-refractivity contribution is -0.0798. The van der Waals surface area contributed by atoms with Crippen molar-refractivity contribution in [3.05, 3.63) is 64.8 Å². The van der Waals surface area contributed by atoms with Crippen LogP contribution in [0.2, 0.25) is 0 Å². The van der Waals surface area contributed by atoms with Crippen LogP contribution in [0.1, 0.15) is 73.5 Å². The van der Waals surface area contributed by atoms with Gasteiger partial charge in [-0.25, -0.2) is 9.59 Å². The van der Waals surface area contributed by atoms with Gasteiger partial charge < -0.3 is 19.3 Å². The number of carbonyl (C=O) groups is 2. The Hall–Kier alpha value is -3.14. The van der Waals surface area contributed by atoms with Gasteiger partial charge in [-0.15, -0.1) is 0 Å². The number of likely N-dealkylation sites (tertiary alicyclic amines) is 1. The van der Waals surface area contributed by atoms with Gasteiger partial charge in [0.25, 0.3) is 0 Å². The number of nitrogens with zero attached hydrogens (tertiary/aromatic N) is 2. The summed E-state index contributed by atoms with van der Waals surface area (Å²) >= 11 is 0. The molecular weight excluding hydrogens is 536 g/mol. The van der Waals surface area contributed by atoms with Crippen molar-refractivity contribution in [2.24, 2.45) is 5.92 Å². The average molecular weight is 576 g/mol. The van der Waals surface area contributed by atoms with Crippen molar-refractivity contribution in [3.8, 4) is 5.75 Å². The molecule has 1 saturated heterocycles. The normalized spacial score (nSPS) is 23.4. The summed E-state index contributed by atoms with van der Waals surface area (Å²) in [4.78, 5) is 27.5. The molecule has 1 saturated carbocycles. The van der Waals surface area contributed by atoms with E-state index in [0.717, 1.165) is 46.2 Å². The minimum atomic E-state index is -0.786. The largest absolute Gasteiger partial charge is 0.496 e. The Bertz CT molecular complexity index is 1470. The predicted octanol–water partition coefficient (Wildman–Crippen LogP) is 5.29. The predicted molar refractivity (Wildman–Crippen MR) is 157 cm³/mol. The molecule has 1 aliphatic carbocycles. The second-order valence-corrected chi connectivity index (χ2v) is 13.3. The van der Waals surface area contributed by atoms with Gasteiger partial charge in [0.15, 0.2) is 0 Å². The number of hydrogen-bond donors (Lipinski definition) is 1. The first-order valence-electron chi connectivity index (χ1n) is 14.1. The van der Waals surface area contributed by atoms with Crippen LogP contribution in [0.4, 0.5) is 4.79 Å². The van der Waals surface area contributed by atoms with Crippen LogP contribution in [0.5, 0.6) is 5.75 Å². The van der Waals surface area contributed by atoms with Crippen LogP contribution in [-0.2, 0) is 21.2 Å². The average Bonchev–Trinajstić information content (AvgIpc) is 3.69. The minimum absolute atomic E-state index is 0.290. The Labute approximate surface area is 245 Å². The van der Waals surface area contributed by atoms with Crippen LogP contribution in [-0.4, -0.2) is 68.8 Å². The smallest absolute Gasteiger partial charge is 0.419 e. The van der Waals surface area contributed by atoms with E-state index in [4.69, 9.17) is 14.2 Å². The van der Waals surface area contributed by atoms with Crippen molar-refractivity contribution in [3.63, 3.8) is 0 Å². The van der Waals surface area contributed by atoms with Crippen molar-refractivity contribution < 1.29 is 28.9 Å². The number of fused-ring (bicyclic) bond motifs is 1. The van der Waals surface area contributed by atoms with E-state index in [-0.39, 0.29) is 5.92 Å². The van der Waals surface area contributed by atoms with Gasteiger partial charge >= 0.3 is 12.1 Å². The van der Waals surface area contributed by atoms with Crippen LogP contribution in [0.15, 0.2) is 42.6 Å². The zero-order chi connectivity index (χ0) is 29.7. The van der Waals surface area contributed by atoms with Crippen molar-refractivity contribution >= 4 is 33.2 Å². The molecule has 1 N–H and O–H groups in total. The third kappa shape index (κ3) is 5.55. The highest BCUT2D eigenvalue weighted by atomic mass is 28.1. The number of piperidine rings is 1. The van der Waals surface area contributed by atoms with E-state index in [1.54, 1.807) is 30.0 Å². The molecule has 3 aromatic rings. The fourth-order valence-electron chi connectivity index (χ4n) is 6.19. The lowest BCUT2D eigenvalue weighted by atomic mass is 9.79. The summed E-state index contributed by atoms with van der Waals surface area (Å²) in [5.41, 5.74) is 2.63. The molecule has 0 amide bonds. The molecular formula is C32H39N2O6Si. The molecule has 0 bridgehead atoms. The van der Waals surface area contributed by atoms with Crippen LogP contribution in [0.25, 0.3) is 10.9 Å². The van der Waals surface area contributed by atoms with Gasteiger partial charge in [0.2, 0.25) is 0 Å². The maximum absolute atomic E-state index is 13.1. The summed E-state index contributed by atoms with van der Waals surface area (Å²) in [6.45, 7) is 8.66. The molecule has 2 heterocycles. The molecule has 3 radical (unpaired) electrons. The standard InChI is InChI=1S/C32H39N2O6Si/c1-20-17-26(38-5)25(24-13-15-34(27(20)24)29(36)40-30(2,3)4)18-33-16-14-31(37,22-11-12-22)19-32(33,41)23-9-7-21(8-10-23)28(35)39-6/h7-10,13,15,17,22,37H,11-12,14,16,18-19H2,1-6H3/t31-,32+/m1/s1. The number of aliphatic hydroxyl groups is 1. The SMILES string of the molecule is COC(=O)c1ccc([C@@]2([Si])C[C@@](O)(C3CC3)CCN2Cc2c(OC)cc(C)c3c2ccn3C(=O)OC(C)(C)C)cc1. The van der Waals surface area contributed by atoms with Crippen molar-refractivity contribution in [2.75, 3.05) is 20.8 Å². The van der Waals surface area contributed by atoms with Gasteiger partial charge in [-0.2, -0.15) is 0 Å². The lowest BCUT2D eigenvalue weighted by Crippen LogP contribution is -2.58. The first kappa shape index (κ1) is 29.4. The van der Waals surface area contributed by atoms with E-state index in [1.165, 1.54) is 7.11 Å². The van der Waals surface area contributed by atoms with Crippen LogP contribution in [0.3, 0.4) is 0 Å². The van der Waals surface area contributed by atoms with Crippen LogP contribution < -0.4 is 4.74 Å². The van der Waals surface area contributed by atoms with E-state index in [0.29, 0.717) is 31.5 Å². The topological polar surface area (TPSA) is 90.2 Å². The molecule has 2 fully saturated rings. The molecule has 1 aromatic heterocycles. The number of benzene rings is 2. The van der Waals surface area contributed by atoms with Crippen molar-refractivity contribution in [1.29, 1.82) is 0 Å². The van der Waals surface area contributed by atoms with E-state index in [1.807, 2.05) is 52.0 Å². The fraction of sp³-hybridized carbons (Fsp3) is 0.500. The monoisotopic (exact) mass is 575 g/mol. The second-order valence-electron chi connectivity index (χ2n) is 12.5. The third-order valence-electron chi connectivity index (χ3n) is 8.43. The number of methoxy groups -OCH3 is 2. The summed E-state index contributed by atoms with van der Waals surface area (Å²) in [5.74, 6) is 0.629. The fourth-order valence-corrected chi connectivity index (χ4v) is 6.86. The quantitative estimate of drug-likeness (QED) is 0.316. The molecule has 2 aliphatic rings. The number of aryl methyl sites for hydroxylation is 1. The second kappa shape index (κ2) is 10.6. The highest BCUT2D eigenvalue weighted by Crippen LogP contribution is 2.51. The Morgan fingerprint density at radius 3 is 2.39 bits per heavy atom. The molecule has 2 atom stereocenters. The molecule has 217 valence electrons. The number of hydrogen-bond acceptors (Lipinski definition) is 7. The van der Waals surface area contributed by atoms with E-state index in [9.17, 15) is 14.7 Å². The summed E-state index contributed by atoms with van der Waals surface area (Å²) < 4.78 is 18.0. The molecule has 9 heteroatoms. The molecule has 0 unspecified atom stereocenters. The summed E-state index contributed by atoms with van der Waals surface area (Å²) in [6, 6.07) is 11.3. The first-order chi connectivity index (χ1) is 19.3. The molecule has 2 aromatic carbocycles. The molecule has 0 spiro atoms. The zero-order valence-electron chi connectivity index (χ0n) is 24.7. The van der Waals surface area contributed by atoms with Gasteiger partial charge in [-0.05, 0) is 94.7 Å². The Morgan fingerprint density at radius 1 is 1.12 bits per heavy atom. The third-order valence-corrected chi connectivity index (χ3v) is 9.21. The van der Waals surface area contributed by atoms with Crippen molar-refractivity contribution in [2.45, 2.75) is 76.3 Å². The highest BCUT2D eigenvalue weighted by Gasteiger charge is 2.53. The lowest BCUT2D eigenvalue weighted by Gasteiger charge is -2.52. The molecule has 1 aliphatic heterocycles. The number of carbonyl (C=O) groups excluding carboxylic acids is 2. The van der Waals surface area contributed by atoms with Crippen molar-refractivity contribution in [1.82, 2.24) is 9.47 Å². The number of ether oxygens (including phenoxy) is 3. The molecule has 41 heavy (non-hydrogen) atoms. The van der Waals surface area contributed by atoms with Gasteiger partial charge in [0.05, 0.1) is 41.1 Å². The van der Waals surface area contributed by atoms with Crippen LogP contribution in [0, 0.1) is 12.8 Å². The molecule has 5 rings (SSSR count). The maximum atomic E-state index is 13.1. The Morgan fingerprint density at radius 2 is 1.80 bits per heavy atom. The Balaban J connectivity index is 1.57. The van der Waals surface area contributed by atoms with Gasteiger partial charge in [0.1, 0.15) is 11.4 Å². The number of rotatable bonds is 6. The Kier molecular flexibility index (Phi) is 7.59. The summed E-state index contributed by atoms with van der Waals surface area (Å²) in [5, 5.41) is 11.9. The first-order valence-corrected chi connectivity index (χ1v) is 14.6. The number of esters is 1. The van der Waals surface area contributed by atoms with E-state index >= 15 is 0 Å².